The normalized spacial score (nSPS) is 12.9. The van der Waals surface area contributed by atoms with Crippen molar-refractivity contribution in [3.63, 3.8) is 0 Å². The third kappa shape index (κ3) is 51.3. The van der Waals surface area contributed by atoms with Crippen LogP contribution in [0.5, 0.6) is 0 Å². The molecule has 0 aliphatic heterocycles. The van der Waals surface area contributed by atoms with Gasteiger partial charge in [-0.15, -0.1) is 0 Å². The van der Waals surface area contributed by atoms with Crippen LogP contribution in [0.25, 0.3) is 0 Å². The molecule has 0 aliphatic rings. The number of aliphatic hydroxyl groups excluding tert-OH is 2. The third-order valence-electron chi connectivity index (χ3n) is 13.2. The molecule has 6 nitrogen and oxygen atoms in total. The second kappa shape index (κ2) is 54.7. The average molecular weight is 915 g/mol. The first-order valence-electron chi connectivity index (χ1n) is 28.7. The number of esters is 1. The maximum Gasteiger partial charge on any atom is 0.305 e. The summed E-state index contributed by atoms with van der Waals surface area (Å²) in [6.45, 7) is 4.91. The fourth-order valence-corrected chi connectivity index (χ4v) is 8.72. The van der Waals surface area contributed by atoms with Crippen molar-refractivity contribution in [2.24, 2.45) is 0 Å². The SMILES string of the molecule is CCCCCC/C=C\C/C=C\CCCCCCCC(=O)OCCCCCCCCC/C=C\CCCCCCCC(=O)NC(CO)C(O)CCCCCCCCCCCCCCCCCC. The molecule has 0 saturated heterocycles. The van der Waals surface area contributed by atoms with Crippen LogP contribution in [0.15, 0.2) is 36.5 Å². The fraction of sp³-hybridized carbons (Fsp3) is 0.864. The predicted molar refractivity (Wildman–Crippen MR) is 283 cm³/mol. The summed E-state index contributed by atoms with van der Waals surface area (Å²) >= 11 is 0. The van der Waals surface area contributed by atoms with E-state index in [1.165, 1.54) is 199 Å². The Morgan fingerprint density at radius 3 is 1.20 bits per heavy atom. The summed E-state index contributed by atoms with van der Waals surface area (Å²) in [6, 6.07) is -0.555. The summed E-state index contributed by atoms with van der Waals surface area (Å²) in [7, 11) is 0. The largest absolute Gasteiger partial charge is 0.466 e. The van der Waals surface area contributed by atoms with Gasteiger partial charge in [0, 0.05) is 12.8 Å². The fourth-order valence-electron chi connectivity index (χ4n) is 8.72. The van der Waals surface area contributed by atoms with E-state index in [0.29, 0.717) is 25.9 Å². The second-order valence-corrected chi connectivity index (χ2v) is 19.6. The third-order valence-corrected chi connectivity index (χ3v) is 13.2. The van der Waals surface area contributed by atoms with Crippen LogP contribution < -0.4 is 5.32 Å². The van der Waals surface area contributed by atoms with E-state index in [4.69, 9.17) is 4.74 Å². The molecule has 0 rings (SSSR count). The zero-order valence-electron chi connectivity index (χ0n) is 43.5. The molecule has 0 bridgehead atoms. The van der Waals surface area contributed by atoms with E-state index in [-0.39, 0.29) is 18.5 Å². The first-order chi connectivity index (χ1) is 32.0. The molecule has 0 aliphatic carbocycles. The minimum Gasteiger partial charge on any atom is -0.466 e. The first kappa shape index (κ1) is 63.1. The molecule has 0 fully saturated rings. The van der Waals surface area contributed by atoms with Gasteiger partial charge in [0.05, 0.1) is 25.4 Å². The Kier molecular flexibility index (Phi) is 53.1. The van der Waals surface area contributed by atoms with Crippen molar-refractivity contribution >= 4 is 11.9 Å². The quantitative estimate of drug-likeness (QED) is 0.0321. The molecule has 382 valence electrons. The number of ether oxygens (including phenoxy) is 1. The van der Waals surface area contributed by atoms with Crippen molar-refractivity contribution in [1.29, 1.82) is 0 Å². The Hall–Kier alpha value is -1.92. The van der Waals surface area contributed by atoms with Gasteiger partial charge < -0.3 is 20.3 Å². The van der Waals surface area contributed by atoms with E-state index < -0.39 is 12.1 Å². The van der Waals surface area contributed by atoms with Crippen molar-refractivity contribution in [2.45, 2.75) is 315 Å². The Morgan fingerprint density at radius 2 is 0.769 bits per heavy atom. The molecular weight excluding hydrogens is 803 g/mol. The molecule has 0 heterocycles. The summed E-state index contributed by atoms with van der Waals surface area (Å²) in [5.41, 5.74) is 0. The summed E-state index contributed by atoms with van der Waals surface area (Å²) in [5, 5.41) is 23.3. The minimum absolute atomic E-state index is 0.0163. The number of amides is 1. The molecule has 3 N–H and O–H groups in total. The molecule has 1 amide bonds. The number of unbranched alkanes of at least 4 members (excludes halogenated alkanes) is 36. The maximum atomic E-state index is 12.5. The number of allylic oxidation sites excluding steroid dienone is 6. The first-order valence-corrected chi connectivity index (χ1v) is 28.7. The summed E-state index contributed by atoms with van der Waals surface area (Å²) in [5.74, 6) is -0.0680. The molecule has 65 heavy (non-hydrogen) atoms. The molecule has 0 radical (unpaired) electrons. The van der Waals surface area contributed by atoms with Crippen LogP contribution in [0.1, 0.15) is 303 Å². The molecule has 2 atom stereocenters. The van der Waals surface area contributed by atoms with Crippen LogP contribution in [0, 0.1) is 0 Å². The molecule has 2 unspecified atom stereocenters. The number of hydrogen-bond donors (Lipinski definition) is 3. The van der Waals surface area contributed by atoms with E-state index in [1.54, 1.807) is 0 Å². The van der Waals surface area contributed by atoms with Gasteiger partial charge in [-0.3, -0.25) is 9.59 Å². The Balaban J connectivity index is 3.48. The van der Waals surface area contributed by atoms with E-state index >= 15 is 0 Å². The Morgan fingerprint density at radius 1 is 0.431 bits per heavy atom. The summed E-state index contributed by atoms with van der Waals surface area (Å²) < 4.78 is 5.46. The van der Waals surface area contributed by atoms with Crippen LogP contribution in [0.3, 0.4) is 0 Å². The van der Waals surface area contributed by atoms with Gasteiger partial charge in [-0.2, -0.15) is 0 Å². The molecule has 0 saturated carbocycles. The molecule has 0 aromatic heterocycles. The lowest BCUT2D eigenvalue weighted by atomic mass is 10.0. The van der Waals surface area contributed by atoms with Crippen LogP contribution in [0.4, 0.5) is 0 Å². The Labute approximate surface area is 404 Å². The number of rotatable bonds is 53. The topological polar surface area (TPSA) is 95.9 Å². The standard InChI is InChI=1S/C59H111NO5/c1-3-5-7-9-11-13-15-17-19-23-27-31-35-39-43-47-51-57(62)56(55-61)60-58(63)52-48-44-40-36-32-28-24-21-22-26-30-34-38-42-46-50-54-65-59(64)53-49-45-41-37-33-29-25-20-18-16-14-12-10-8-6-4-2/h14,16,20-21,24-25,56-57,61-62H,3-13,15,17-19,22-23,26-55H2,1-2H3,(H,60,63)/b16-14-,24-21-,25-20-. The highest BCUT2D eigenvalue weighted by atomic mass is 16.5. The van der Waals surface area contributed by atoms with Gasteiger partial charge in [0.1, 0.15) is 0 Å². The van der Waals surface area contributed by atoms with Gasteiger partial charge in [-0.1, -0.05) is 243 Å². The van der Waals surface area contributed by atoms with Crippen molar-refractivity contribution < 1.29 is 24.5 Å². The van der Waals surface area contributed by atoms with Crippen molar-refractivity contribution in [3.8, 4) is 0 Å². The highest BCUT2D eigenvalue weighted by molar-refractivity contribution is 5.76. The minimum atomic E-state index is -0.676. The van der Waals surface area contributed by atoms with Gasteiger partial charge in [0.15, 0.2) is 0 Å². The highest BCUT2D eigenvalue weighted by Gasteiger charge is 2.20. The van der Waals surface area contributed by atoms with E-state index in [0.717, 1.165) is 70.6 Å². The zero-order valence-corrected chi connectivity index (χ0v) is 43.5. The lowest BCUT2D eigenvalue weighted by Gasteiger charge is -2.22. The zero-order chi connectivity index (χ0) is 47.2. The van der Waals surface area contributed by atoms with E-state index in [2.05, 4.69) is 55.6 Å². The smallest absolute Gasteiger partial charge is 0.305 e. The molecule has 0 aromatic carbocycles. The highest BCUT2D eigenvalue weighted by Crippen LogP contribution is 2.16. The van der Waals surface area contributed by atoms with Crippen molar-refractivity contribution in [1.82, 2.24) is 5.32 Å². The number of carbonyl (C=O) groups is 2. The van der Waals surface area contributed by atoms with Crippen molar-refractivity contribution in [3.05, 3.63) is 36.5 Å². The van der Waals surface area contributed by atoms with Crippen LogP contribution in [-0.2, 0) is 14.3 Å². The predicted octanol–water partition coefficient (Wildman–Crippen LogP) is 17.6. The summed E-state index contributed by atoms with van der Waals surface area (Å²) in [4.78, 5) is 24.5. The molecule has 0 aromatic rings. The Bertz CT molecular complexity index is 1060. The average Bonchev–Trinajstić information content (AvgIpc) is 3.31. The van der Waals surface area contributed by atoms with Gasteiger partial charge in [0.25, 0.3) is 0 Å². The summed E-state index contributed by atoms with van der Waals surface area (Å²) in [6.07, 6.45) is 67.0. The molecule has 0 spiro atoms. The van der Waals surface area contributed by atoms with Gasteiger partial charge in [0.2, 0.25) is 5.91 Å². The monoisotopic (exact) mass is 914 g/mol. The van der Waals surface area contributed by atoms with Crippen molar-refractivity contribution in [2.75, 3.05) is 13.2 Å². The number of hydrogen-bond acceptors (Lipinski definition) is 5. The van der Waals surface area contributed by atoms with Crippen LogP contribution in [-0.4, -0.2) is 47.4 Å². The van der Waals surface area contributed by atoms with E-state index in [1.807, 2.05) is 0 Å². The second-order valence-electron chi connectivity index (χ2n) is 19.6. The van der Waals surface area contributed by atoms with Gasteiger partial charge >= 0.3 is 5.97 Å². The van der Waals surface area contributed by atoms with Gasteiger partial charge in [-0.25, -0.2) is 0 Å². The molecular formula is C59H111NO5. The number of nitrogens with one attached hydrogen (secondary N) is 1. The van der Waals surface area contributed by atoms with Gasteiger partial charge in [-0.05, 0) is 83.5 Å². The van der Waals surface area contributed by atoms with Crippen LogP contribution >= 0.6 is 0 Å². The maximum absolute atomic E-state index is 12.5. The lowest BCUT2D eigenvalue weighted by molar-refractivity contribution is -0.143. The molecule has 6 heteroatoms. The lowest BCUT2D eigenvalue weighted by Crippen LogP contribution is -2.45. The van der Waals surface area contributed by atoms with Crippen LogP contribution in [0.2, 0.25) is 0 Å². The number of carbonyl (C=O) groups excluding carboxylic acids is 2. The van der Waals surface area contributed by atoms with E-state index in [9.17, 15) is 19.8 Å². The number of aliphatic hydroxyl groups is 2.